The maximum absolute atomic E-state index is 11.3. The summed E-state index contributed by atoms with van der Waals surface area (Å²) in [5, 5.41) is 11.4. The van der Waals surface area contributed by atoms with Gasteiger partial charge in [-0.3, -0.25) is 0 Å². The number of amides is 1. The van der Waals surface area contributed by atoms with Crippen molar-refractivity contribution in [3.63, 3.8) is 0 Å². The quantitative estimate of drug-likeness (QED) is 0.676. The minimum atomic E-state index is -0.497. The Balaban J connectivity index is 2.27. The number of aliphatic hydroxyl groups is 1. The highest BCUT2D eigenvalue weighted by atomic mass is 16.6. The Morgan fingerprint density at radius 3 is 2.64 bits per heavy atom. The molecule has 0 spiro atoms. The zero-order valence-corrected chi connectivity index (χ0v) is 8.74. The summed E-state index contributed by atoms with van der Waals surface area (Å²) < 4.78 is 10.1. The molecule has 0 aromatic carbocycles. The van der Waals surface area contributed by atoms with Crippen molar-refractivity contribution >= 4 is 6.09 Å². The van der Waals surface area contributed by atoms with Gasteiger partial charge in [0.15, 0.2) is 0 Å². The summed E-state index contributed by atoms with van der Waals surface area (Å²) in [4.78, 5) is 11.3. The Kier molecular flexibility index (Phi) is 3.34. The van der Waals surface area contributed by atoms with Crippen LogP contribution in [0.1, 0.15) is 20.8 Å². The van der Waals surface area contributed by atoms with Crippen LogP contribution in [0.3, 0.4) is 0 Å². The number of alkyl carbamates (subject to hydrolysis) is 1. The first-order valence-corrected chi connectivity index (χ1v) is 4.64. The molecule has 0 aromatic heterocycles. The molecule has 2 unspecified atom stereocenters. The predicted molar refractivity (Wildman–Crippen MR) is 50.0 cm³/mol. The van der Waals surface area contributed by atoms with Crippen LogP contribution in [0, 0.1) is 0 Å². The molecular weight excluding hydrogens is 186 g/mol. The molecule has 5 nitrogen and oxygen atoms in total. The average Bonchev–Trinajstić information content (AvgIpc) is 1.96. The molecule has 1 amide bonds. The Morgan fingerprint density at radius 2 is 2.29 bits per heavy atom. The minimum Gasteiger partial charge on any atom is -0.444 e. The van der Waals surface area contributed by atoms with E-state index in [9.17, 15) is 4.79 Å². The van der Waals surface area contributed by atoms with Gasteiger partial charge < -0.3 is 19.9 Å². The number of ether oxygens (including phenoxy) is 2. The minimum absolute atomic E-state index is 0.0829. The summed E-state index contributed by atoms with van der Waals surface area (Å²) in [5.74, 6) is 0. The van der Waals surface area contributed by atoms with Crippen molar-refractivity contribution in [2.24, 2.45) is 0 Å². The van der Waals surface area contributed by atoms with Crippen molar-refractivity contribution in [1.82, 2.24) is 5.32 Å². The van der Waals surface area contributed by atoms with Gasteiger partial charge in [-0.2, -0.15) is 0 Å². The molecule has 0 bridgehead atoms. The Morgan fingerprint density at radius 1 is 1.64 bits per heavy atom. The highest BCUT2D eigenvalue weighted by molar-refractivity contribution is 5.68. The lowest BCUT2D eigenvalue weighted by Gasteiger charge is -2.36. The SMILES string of the molecule is CC(C)(C)OC(=O)NC1COC1CO. The zero-order chi connectivity index (χ0) is 10.8. The van der Waals surface area contributed by atoms with E-state index in [0.29, 0.717) is 6.61 Å². The molecule has 0 aliphatic carbocycles. The number of aliphatic hydroxyl groups excluding tert-OH is 1. The monoisotopic (exact) mass is 203 g/mol. The van der Waals surface area contributed by atoms with E-state index in [1.165, 1.54) is 0 Å². The van der Waals surface area contributed by atoms with Crippen molar-refractivity contribution < 1.29 is 19.4 Å². The fourth-order valence-electron chi connectivity index (χ4n) is 1.10. The summed E-state index contributed by atoms with van der Waals surface area (Å²) in [6, 6.07) is -0.130. The van der Waals surface area contributed by atoms with E-state index in [0.717, 1.165) is 0 Å². The smallest absolute Gasteiger partial charge is 0.408 e. The molecule has 1 heterocycles. The first-order valence-electron chi connectivity index (χ1n) is 4.64. The number of nitrogens with one attached hydrogen (secondary N) is 1. The van der Waals surface area contributed by atoms with E-state index < -0.39 is 11.7 Å². The molecule has 1 aliphatic rings. The van der Waals surface area contributed by atoms with Gasteiger partial charge in [0.2, 0.25) is 0 Å². The van der Waals surface area contributed by atoms with Crippen molar-refractivity contribution in [2.45, 2.75) is 38.5 Å². The van der Waals surface area contributed by atoms with E-state index in [1.807, 2.05) is 0 Å². The van der Waals surface area contributed by atoms with Gasteiger partial charge in [-0.05, 0) is 20.8 Å². The second-order valence-corrected chi connectivity index (χ2v) is 4.31. The van der Waals surface area contributed by atoms with E-state index in [2.05, 4.69) is 5.32 Å². The fraction of sp³-hybridized carbons (Fsp3) is 0.889. The molecule has 2 atom stereocenters. The molecule has 0 saturated carbocycles. The van der Waals surface area contributed by atoms with Crippen LogP contribution in [0.5, 0.6) is 0 Å². The third-order valence-corrected chi connectivity index (χ3v) is 1.82. The van der Waals surface area contributed by atoms with Crippen LogP contribution in [0.15, 0.2) is 0 Å². The molecule has 0 aromatic rings. The third kappa shape index (κ3) is 3.16. The van der Waals surface area contributed by atoms with Crippen LogP contribution < -0.4 is 5.32 Å². The lowest BCUT2D eigenvalue weighted by atomic mass is 10.1. The van der Waals surface area contributed by atoms with Crippen molar-refractivity contribution in [1.29, 1.82) is 0 Å². The fourth-order valence-corrected chi connectivity index (χ4v) is 1.10. The second-order valence-electron chi connectivity index (χ2n) is 4.31. The number of carbonyl (C=O) groups excluding carboxylic acids is 1. The maximum Gasteiger partial charge on any atom is 0.408 e. The van der Waals surface area contributed by atoms with Gasteiger partial charge >= 0.3 is 6.09 Å². The predicted octanol–water partition coefficient (Wildman–Crippen LogP) is 0.271. The Hall–Kier alpha value is -0.810. The Bertz CT molecular complexity index is 209. The molecule has 1 rings (SSSR count). The molecule has 14 heavy (non-hydrogen) atoms. The van der Waals surface area contributed by atoms with Gasteiger partial charge in [0, 0.05) is 0 Å². The van der Waals surface area contributed by atoms with Gasteiger partial charge in [-0.25, -0.2) is 4.79 Å². The maximum atomic E-state index is 11.3. The van der Waals surface area contributed by atoms with E-state index in [-0.39, 0.29) is 18.8 Å². The van der Waals surface area contributed by atoms with E-state index in [1.54, 1.807) is 20.8 Å². The number of rotatable bonds is 2. The van der Waals surface area contributed by atoms with Gasteiger partial charge in [0.1, 0.15) is 11.7 Å². The molecule has 5 heteroatoms. The van der Waals surface area contributed by atoms with Gasteiger partial charge in [0.25, 0.3) is 0 Å². The summed E-state index contributed by atoms with van der Waals surface area (Å²) in [5.41, 5.74) is -0.497. The van der Waals surface area contributed by atoms with Crippen LogP contribution >= 0.6 is 0 Å². The van der Waals surface area contributed by atoms with Crippen LogP contribution in [0.2, 0.25) is 0 Å². The lowest BCUT2D eigenvalue weighted by Crippen LogP contribution is -2.58. The highest BCUT2D eigenvalue weighted by Crippen LogP contribution is 2.13. The van der Waals surface area contributed by atoms with E-state index >= 15 is 0 Å². The lowest BCUT2D eigenvalue weighted by molar-refractivity contribution is -0.109. The molecule has 2 N–H and O–H groups in total. The van der Waals surface area contributed by atoms with E-state index in [4.69, 9.17) is 14.6 Å². The number of hydrogen-bond acceptors (Lipinski definition) is 4. The summed E-state index contributed by atoms with van der Waals surface area (Å²) >= 11 is 0. The van der Waals surface area contributed by atoms with Crippen LogP contribution in [-0.2, 0) is 9.47 Å². The summed E-state index contributed by atoms with van der Waals surface area (Å²) in [6.07, 6.45) is -0.758. The number of hydrogen-bond donors (Lipinski definition) is 2. The van der Waals surface area contributed by atoms with Gasteiger partial charge in [0.05, 0.1) is 19.3 Å². The molecule has 0 radical (unpaired) electrons. The topological polar surface area (TPSA) is 67.8 Å². The molecule has 1 aliphatic heterocycles. The van der Waals surface area contributed by atoms with Crippen molar-refractivity contribution in [3.05, 3.63) is 0 Å². The standard InChI is InChI=1S/C9H17NO4/c1-9(2,3)14-8(12)10-6-5-13-7(6)4-11/h6-7,11H,4-5H2,1-3H3,(H,10,12). The first kappa shape index (κ1) is 11.3. The Labute approximate surface area is 83.4 Å². The first-order chi connectivity index (χ1) is 6.42. The van der Waals surface area contributed by atoms with Crippen LogP contribution in [0.25, 0.3) is 0 Å². The average molecular weight is 203 g/mol. The van der Waals surface area contributed by atoms with Crippen LogP contribution in [-0.4, -0.2) is 42.2 Å². The molecule has 1 saturated heterocycles. The largest absolute Gasteiger partial charge is 0.444 e. The van der Waals surface area contributed by atoms with Crippen molar-refractivity contribution in [2.75, 3.05) is 13.2 Å². The molecule has 1 fully saturated rings. The van der Waals surface area contributed by atoms with Gasteiger partial charge in [-0.15, -0.1) is 0 Å². The second kappa shape index (κ2) is 4.14. The molecule has 82 valence electrons. The van der Waals surface area contributed by atoms with Crippen LogP contribution in [0.4, 0.5) is 4.79 Å². The third-order valence-electron chi connectivity index (χ3n) is 1.82. The summed E-state index contributed by atoms with van der Waals surface area (Å²) in [6.45, 7) is 5.75. The summed E-state index contributed by atoms with van der Waals surface area (Å²) in [7, 11) is 0. The van der Waals surface area contributed by atoms with Gasteiger partial charge in [-0.1, -0.05) is 0 Å². The molecular formula is C9H17NO4. The van der Waals surface area contributed by atoms with Crippen molar-refractivity contribution in [3.8, 4) is 0 Å². The zero-order valence-electron chi connectivity index (χ0n) is 8.74. The normalized spacial score (nSPS) is 26.6. The highest BCUT2D eigenvalue weighted by Gasteiger charge is 2.33. The number of carbonyl (C=O) groups is 1.